The highest BCUT2D eigenvalue weighted by Crippen LogP contribution is 2.28. The van der Waals surface area contributed by atoms with Crippen LogP contribution >= 0.6 is 11.6 Å². The molecule has 0 saturated heterocycles. The van der Waals surface area contributed by atoms with Crippen LogP contribution in [0.4, 0.5) is 11.4 Å². The van der Waals surface area contributed by atoms with E-state index in [4.69, 9.17) is 16.3 Å². The van der Waals surface area contributed by atoms with E-state index in [2.05, 4.69) is 5.32 Å². The molecule has 1 N–H and O–H groups in total. The maximum absolute atomic E-state index is 12.6. The second-order valence-corrected chi connectivity index (χ2v) is 6.46. The predicted octanol–water partition coefficient (Wildman–Crippen LogP) is 2.41. The van der Waals surface area contributed by atoms with Crippen molar-refractivity contribution < 1.29 is 19.1 Å². The number of anilines is 2. The standard InChI is InChI=1S/C19H18ClN3O4/c1-22-11-18(25)23(15-6-4-3-5-13(15)19(22)26)10-17(24)21-12-7-8-16(27-2)14(20)9-12/h3-9H,10-11H2,1-2H3,(H,21,24). The molecular weight excluding hydrogens is 370 g/mol. The predicted molar refractivity (Wildman–Crippen MR) is 102 cm³/mol. The van der Waals surface area contributed by atoms with Crippen LogP contribution in [0.5, 0.6) is 5.75 Å². The molecule has 27 heavy (non-hydrogen) atoms. The number of hydrogen-bond donors (Lipinski definition) is 1. The lowest BCUT2D eigenvalue weighted by atomic mass is 10.1. The van der Waals surface area contributed by atoms with Gasteiger partial charge in [-0.05, 0) is 30.3 Å². The zero-order chi connectivity index (χ0) is 19.6. The van der Waals surface area contributed by atoms with Crippen molar-refractivity contribution in [2.45, 2.75) is 0 Å². The van der Waals surface area contributed by atoms with E-state index in [1.54, 1.807) is 49.5 Å². The molecule has 0 spiro atoms. The third-order valence-electron chi connectivity index (χ3n) is 4.18. The molecule has 0 bridgehead atoms. The van der Waals surface area contributed by atoms with Crippen LogP contribution < -0.4 is 15.0 Å². The molecule has 0 radical (unpaired) electrons. The van der Waals surface area contributed by atoms with E-state index in [0.29, 0.717) is 27.7 Å². The van der Waals surface area contributed by atoms with Crippen molar-refractivity contribution in [2.75, 3.05) is 37.5 Å². The molecule has 1 aliphatic rings. The van der Waals surface area contributed by atoms with E-state index in [1.165, 1.54) is 16.9 Å². The van der Waals surface area contributed by atoms with Gasteiger partial charge in [0.15, 0.2) is 0 Å². The van der Waals surface area contributed by atoms with Crippen LogP contribution in [0.15, 0.2) is 42.5 Å². The molecule has 2 aromatic rings. The van der Waals surface area contributed by atoms with Crippen molar-refractivity contribution in [3.63, 3.8) is 0 Å². The van der Waals surface area contributed by atoms with Gasteiger partial charge in [0.2, 0.25) is 11.8 Å². The Morgan fingerprint density at radius 1 is 1.22 bits per heavy atom. The van der Waals surface area contributed by atoms with E-state index in [9.17, 15) is 14.4 Å². The van der Waals surface area contributed by atoms with E-state index in [-0.39, 0.29) is 24.9 Å². The molecule has 2 aromatic carbocycles. The number of carbonyl (C=O) groups is 3. The minimum Gasteiger partial charge on any atom is -0.495 e. The Labute approximate surface area is 161 Å². The topological polar surface area (TPSA) is 79.0 Å². The van der Waals surface area contributed by atoms with Crippen molar-refractivity contribution in [2.24, 2.45) is 0 Å². The molecule has 0 aromatic heterocycles. The summed E-state index contributed by atoms with van der Waals surface area (Å²) in [4.78, 5) is 40.1. The lowest BCUT2D eigenvalue weighted by Crippen LogP contribution is -2.41. The van der Waals surface area contributed by atoms with Gasteiger partial charge < -0.3 is 19.9 Å². The highest BCUT2D eigenvalue weighted by molar-refractivity contribution is 6.32. The molecule has 0 fully saturated rings. The number of halogens is 1. The fourth-order valence-corrected chi connectivity index (χ4v) is 3.11. The monoisotopic (exact) mass is 387 g/mol. The third-order valence-corrected chi connectivity index (χ3v) is 4.48. The first kappa shape index (κ1) is 18.7. The summed E-state index contributed by atoms with van der Waals surface area (Å²) >= 11 is 6.06. The zero-order valence-electron chi connectivity index (χ0n) is 14.9. The number of hydrogen-bond acceptors (Lipinski definition) is 4. The van der Waals surface area contributed by atoms with E-state index in [1.807, 2.05) is 0 Å². The average Bonchev–Trinajstić information content (AvgIpc) is 2.73. The number of rotatable bonds is 4. The first-order chi connectivity index (χ1) is 12.9. The molecule has 140 valence electrons. The van der Waals surface area contributed by atoms with Crippen molar-refractivity contribution in [1.29, 1.82) is 0 Å². The Morgan fingerprint density at radius 2 is 1.96 bits per heavy atom. The summed E-state index contributed by atoms with van der Waals surface area (Å²) in [5.41, 5.74) is 1.28. The van der Waals surface area contributed by atoms with Crippen molar-refractivity contribution in [3.8, 4) is 5.75 Å². The van der Waals surface area contributed by atoms with Gasteiger partial charge in [-0.15, -0.1) is 0 Å². The Kier molecular flexibility index (Phi) is 5.32. The van der Waals surface area contributed by atoms with Crippen LogP contribution in [0.1, 0.15) is 10.4 Å². The number of nitrogens with zero attached hydrogens (tertiary/aromatic N) is 2. The largest absolute Gasteiger partial charge is 0.495 e. The zero-order valence-corrected chi connectivity index (χ0v) is 15.6. The minimum absolute atomic E-state index is 0.102. The van der Waals surface area contributed by atoms with Crippen LogP contribution in [0.25, 0.3) is 0 Å². The van der Waals surface area contributed by atoms with Gasteiger partial charge in [-0.1, -0.05) is 23.7 Å². The Balaban J connectivity index is 1.82. The second-order valence-electron chi connectivity index (χ2n) is 6.06. The first-order valence-electron chi connectivity index (χ1n) is 8.19. The molecule has 8 heteroatoms. The second kappa shape index (κ2) is 7.67. The molecule has 3 amide bonds. The molecule has 0 saturated carbocycles. The van der Waals surface area contributed by atoms with Gasteiger partial charge >= 0.3 is 0 Å². The molecule has 0 unspecified atom stereocenters. The number of likely N-dealkylation sites (N-methyl/N-ethyl adjacent to an activating group) is 1. The van der Waals surface area contributed by atoms with Crippen LogP contribution in [-0.2, 0) is 9.59 Å². The van der Waals surface area contributed by atoms with Crippen LogP contribution in [0.3, 0.4) is 0 Å². The van der Waals surface area contributed by atoms with Crippen molar-refractivity contribution in [1.82, 2.24) is 4.90 Å². The number of para-hydroxylation sites is 1. The maximum atomic E-state index is 12.6. The molecule has 0 aliphatic carbocycles. The highest BCUT2D eigenvalue weighted by atomic mass is 35.5. The quantitative estimate of drug-likeness (QED) is 0.873. The van der Waals surface area contributed by atoms with Gasteiger partial charge in [0.25, 0.3) is 5.91 Å². The van der Waals surface area contributed by atoms with Gasteiger partial charge in [0, 0.05) is 12.7 Å². The number of fused-ring (bicyclic) bond motifs is 1. The third kappa shape index (κ3) is 3.88. The van der Waals surface area contributed by atoms with E-state index >= 15 is 0 Å². The Bertz CT molecular complexity index is 916. The van der Waals surface area contributed by atoms with Gasteiger partial charge in [-0.3, -0.25) is 14.4 Å². The molecule has 3 rings (SSSR count). The summed E-state index contributed by atoms with van der Waals surface area (Å²) in [6.07, 6.45) is 0. The van der Waals surface area contributed by atoms with Crippen LogP contribution in [0, 0.1) is 0 Å². The summed E-state index contributed by atoms with van der Waals surface area (Å²) < 4.78 is 5.08. The average molecular weight is 388 g/mol. The number of amides is 3. The lowest BCUT2D eigenvalue weighted by Gasteiger charge is -2.21. The van der Waals surface area contributed by atoms with Gasteiger partial charge in [0.1, 0.15) is 18.8 Å². The van der Waals surface area contributed by atoms with Crippen LogP contribution in [0.2, 0.25) is 5.02 Å². The molecular formula is C19H18ClN3O4. The lowest BCUT2D eigenvalue weighted by molar-refractivity contribution is -0.121. The minimum atomic E-state index is -0.406. The number of nitrogens with one attached hydrogen (secondary N) is 1. The number of methoxy groups -OCH3 is 1. The first-order valence-corrected chi connectivity index (χ1v) is 8.56. The molecule has 1 heterocycles. The summed E-state index contributed by atoms with van der Waals surface area (Å²) in [5, 5.41) is 3.06. The SMILES string of the molecule is COc1ccc(NC(=O)CN2C(=O)CN(C)C(=O)c3ccccc32)cc1Cl. The summed E-state index contributed by atoms with van der Waals surface area (Å²) in [7, 11) is 3.06. The fourth-order valence-electron chi connectivity index (χ4n) is 2.85. The molecule has 1 aliphatic heterocycles. The van der Waals surface area contributed by atoms with Gasteiger partial charge in [-0.2, -0.15) is 0 Å². The van der Waals surface area contributed by atoms with Gasteiger partial charge in [-0.25, -0.2) is 0 Å². The number of ether oxygens (including phenoxy) is 1. The van der Waals surface area contributed by atoms with Crippen molar-refractivity contribution in [3.05, 3.63) is 53.1 Å². The van der Waals surface area contributed by atoms with Gasteiger partial charge in [0.05, 0.1) is 23.4 Å². The van der Waals surface area contributed by atoms with Crippen LogP contribution in [-0.4, -0.2) is 49.9 Å². The maximum Gasteiger partial charge on any atom is 0.256 e. The van der Waals surface area contributed by atoms with E-state index in [0.717, 1.165) is 0 Å². The Hall–Kier alpha value is -3.06. The smallest absolute Gasteiger partial charge is 0.256 e. The summed E-state index contributed by atoms with van der Waals surface area (Å²) in [5.74, 6) is -0.508. The normalized spacial score (nSPS) is 13.9. The van der Waals surface area contributed by atoms with Crippen molar-refractivity contribution >= 4 is 40.7 Å². The summed E-state index contributed by atoms with van der Waals surface area (Å²) in [6, 6.07) is 11.6. The molecule has 7 nitrogen and oxygen atoms in total. The number of carbonyl (C=O) groups excluding carboxylic acids is 3. The fraction of sp³-hybridized carbons (Fsp3) is 0.211. The molecule has 0 atom stereocenters. The van der Waals surface area contributed by atoms with E-state index < -0.39 is 5.91 Å². The highest BCUT2D eigenvalue weighted by Gasteiger charge is 2.30. The number of benzene rings is 2. The summed E-state index contributed by atoms with van der Waals surface area (Å²) in [6.45, 7) is -0.324. The Morgan fingerprint density at radius 3 is 2.67 bits per heavy atom.